The van der Waals surface area contributed by atoms with Crippen LogP contribution in [0, 0.1) is 0 Å². The van der Waals surface area contributed by atoms with E-state index in [9.17, 15) is 0 Å². The molecule has 3 heteroatoms. The van der Waals surface area contributed by atoms with Crippen molar-refractivity contribution in [2.75, 3.05) is 6.54 Å². The maximum Gasteiger partial charge on any atom is 0.170 e. The predicted molar refractivity (Wildman–Crippen MR) is 35.1 cm³/mol. The molecule has 48 valence electrons. The van der Waals surface area contributed by atoms with Crippen LogP contribution >= 0.6 is 0 Å². The highest BCUT2D eigenvalue weighted by Gasteiger charge is 2.26. The van der Waals surface area contributed by atoms with Gasteiger partial charge in [-0.3, -0.25) is 9.98 Å². The van der Waals surface area contributed by atoms with Crippen molar-refractivity contribution in [2.24, 2.45) is 9.98 Å². The molecule has 0 spiro atoms. The van der Waals surface area contributed by atoms with Gasteiger partial charge in [0, 0.05) is 12.6 Å². The zero-order chi connectivity index (χ0) is 6.10. The van der Waals surface area contributed by atoms with Crippen LogP contribution in [0.5, 0.6) is 0 Å². The molecule has 2 unspecified atom stereocenters. The first-order chi connectivity index (χ1) is 4.47. The average Bonchev–Trinajstić information content (AvgIpc) is 2.33. The van der Waals surface area contributed by atoms with Gasteiger partial charge in [-0.05, 0) is 0 Å². The summed E-state index contributed by atoms with van der Waals surface area (Å²) in [5.41, 5.74) is 0. The fraction of sp³-hybridized carbons (Fsp3) is 0.667. The molecule has 0 aromatic heterocycles. The molecule has 3 nitrogen and oxygen atoms in total. The molecule has 0 N–H and O–H groups in total. The van der Waals surface area contributed by atoms with Crippen molar-refractivity contribution in [1.29, 1.82) is 0 Å². The maximum absolute atomic E-state index is 5.15. The van der Waals surface area contributed by atoms with Gasteiger partial charge in [-0.15, -0.1) is 0 Å². The maximum atomic E-state index is 5.15. The molecule has 0 amide bonds. The van der Waals surface area contributed by atoms with Crippen LogP contribution in [0.25, 0.3) is 0 Å². The lowest BCUT2D eigenvalue weighted by molar-refractivity contribution is 0.206. The topological polar surface area (TPSA) is 34.0 Å². The molecule has 2 rings (SSSR count). The lowest BCUT2D eigenvalue weighted by Gasteiger charge is -2.16. The zero-order valence-electron chi connectivity index (χ0n) is 5.03. The van der Waals surface area contributed by atoms with E-state index in [0.29, 0.717) is 6.04 Å². The highest BCUT2D eigenvalue weighted by molar-refractivity contribution is 5.62. The summed E-state index contributed by atoms with van der Waals surface area (Å²) < 4.78 is 5.15. The molecule has 0 aliphatic carbocycles. The van der Waals surface area contributed by atoms with E-state index in [4.69, 9.17) is 4.74 Å². The third kappa shape index (κ3) is 0.724. The number of rotatable bonds is 0. The molecule has 0 bridgehead atoms. The smallest absolute Gasteiger partial charge is 0.170 e. The van der Waals surface area contributed by atoms with Crippen molar-refractivity contribution >= 4 is 12.6 Å². The van der Waals surface area contributed by atoms with Gasteiger partial charge in [0.1, 0.15) is 6.10 Å². The molecule has 0 radical (unpaired) electrons. The first-order valence-electron chi connectivity index (χ1n) is 3.12. The molecule has 2 aliphatic rings. The number of aliphatic imine (C=N–C) groups is 2. The summed E-state index contributed by atoms with van der Waals surface area (Å²) in [6, 6.07) is 0.363. The van der Waals surface area contributed by atoms with E-state index in [2.05, 4.69) is 9.98 Å². The van der Waals surface area contributed by atoms with Crippen LogP contribution in [0.3, 0.4) is 0 Å². The van der Waals surface area contributed by atoms with Gasteiger partial charge >= 0.3 is 0 Å². The Balaban J connectivity index is 2.13. The Bertz CT molecular complexity index is 164. The Morgan fingerprint density at radius 2 is 2.56 bits per heavy atom. The van der Waals surface area contributed by atoms with Crippen LogP contribution in [0.1, 0.15) is 6.42 Å². The fourth-order valence-corrected chi connectivity index (χ4v) is 1.12. The van der Waals surface area contributed by atoms with E-state index >= 15 is 0 Å². The highest BCUT2D eigenvalue weighted by Crippen LogP contribution is 2.15. The van der Waals surface area contributed by atoms with Crippen molar-refractivity contribution in [3.63, 3.8) is 0 Å². The highest BCUT2D eigenvalue weighted by atomic mass is 16.5. The van der Waals surface area contributed by atoms with Crippen molar-refractivity contribution < 1.29 is 4.74 Å². The van der Waals surface area contributed by atoms with Crippen LogP contribution in [0.4, 0.5) is 0 Å². The molecule has 0 aromatic rings. The van der Waals surface area contributed by atoms with E-state index in [1.165, 1.54) is 0 Å². The van der Waals surface area contributed by atoms with E-state index in [0.717, 1.165) is 13.0 Å². The van der Waals surface area contributed by atoms with Crippen molar-refractivity contribution in [2.45, 2.75) is 18.6 Å². The Morgan fingerprint density at radius 1 is 1.56 bits per heavy atom. The van der Waals surface area contributed by atoms with E-state index in [1.54, 1.807) is 6.40 Å². The predicted octanol–water partition coefficient (Wildman–Crippen LogP) is 0.257. The minimum atomic E-state index is 0.245. The van der Waals surface area contributed by atoms with Crippen LogP contribution in [0.15, 0.2) is 9.98 Å². The molecular formula is C6H8N2O. The molecular weight excluding hydrogens is 116 g/mol. The molecule has 0 fully saturated rings. The zero-order valence-corrected chi connectivity index (χ0v) is 5.03. The van der Waals surface area contributed by atoms with Crippen LogP contribution in [-0.2, 0) is 4.74 Å². The fourth-order valence-electron chi connectivity index (χ4n) is 1.12. The van der Waals surface area contributed by atoms with Crippen molar-refractivity contribution in [3.05, 3.63) is 0 Å². The number of nitrogens with zero attached hydrogens (tertiary/aromatic N) is 2. The second-order valence-corrected chi connectivity index (χ2v) is 2.28. The van der Waals surface area contributed by atoms with Gasteiger partial charge in [-0.2, -0.15) is 0 Å². The van der Waals surface area contributed by atoms with Crippen LogP contribution < -0.4 is 0 Å². The third-order valence-electron chi connectivity index (χ3n) is 1.68. The first kappa shape index (κ1) is 4.97. The molecule has 2 atom stereocenters. The number of fused-ring (bicyclic) bond motifs is 1. The number of hydrogen-bond acceptors (Lipinski definition) is 3. The van der Waals surface area contributed by atoms with E-state index in [1.807, 2.05) is 6.21 Å². The van der Waals surface area contributed by atoms with Crippen LogP contribution in [0.2, 0.25) is 0 Å². The molecule has 0 aromatic carbocycles. The SMILES string of the molecule is C1=NCC2OC=NC2C1. The summed E-state index contributed by atoms with van der Waals surface area (Å²) in [6.45, 7) is 0.782. The van der Waals surface area contributed by atoms with Gasteiger partial charge in [-0.25, -0.2) is 0 Å². The second kappa shape index (κ2) is 1.83. The molecule has 0 saturated carbocycles. The summed E-state index contributed by atoms with van der Waals surface area (Å²) in [5.74, 6) is 0. The lowest BCUT2D eigenvalue weighted by Crippen LogP contribution is -2.28. The van der Waals surface area contributed by atoms with Crippen molar-refractivity contribution in [3.8, 4) is 0 Å². The van der Waals surface area contributed by atoms with E-state index in [-0.39, 0.29) is 6.10 Å². The summed E-state index contributed by atoms with van der Waals surface area (Å²) in [5, 5.41) is 0. The lowest BCUT2D eigenvalue weighted by atomic mass is 10.1. The van der Waals surface area contributed by atoms with Gasteiger partial charge < -0.3 is 4.74 Å². The standard InChI is InChI=1S/C6H8N2O/c1-2-7-3-6-5(1)8-4-9-6/h2,4-6H,1,3H2. The second-order valence-electron chi connectivity index (χ2n) is 2.28. The van der Waals surface area contributed by atoms with Crippen molar-refractivity contribution in [1.82, 2.24) is 0 Å². The first-order valence-corrected chi connectivity index (χ1v) is 3.12. The van der Waals surface area contributed by atoms with E-state index < -0.39 is 0 Å². The molecule has 0 saturated heterocycles. The minimum absolute atomic E-state index is 0.245. The Kier molecular flexibility index (Phi) is 1.01. The van der Waals surface area contributed by atoms with Gasteiger partial charge in [0.15, 0.2) is 6.40 Å². The summed E-state index contributed by atoms with van der Waals surface area (Å²) in [4.78, 5) is 8.21. The van der Waals surface area contributed by atoms with Gasteiger partial charge in [-0.1, -0.05) is 0 Å². The molecule has 2 aliphatic heterocycles. The number of ether oxygens (including phenoxy) is 1. The Hall–Kier alpha value is -0.860. The van der Waals surface area contributed by atoms with Gasteiger partial charge in [0.2, 0.25) is 0 Å². The Morgan fingerprint density at radius 3 is 3.44 bits per heavy atom. The quantitative estimate of drug-likeness (QED) is 0.456. The summed E-state index contributed by atoms with van der Waals surface area (Å²) in [7, 11) is 0. The third-order valence-corrected chi connectivity index (χ3v) is 1.68. The van der Waals surface area contributed by atoms with Gasteiger partial charge in [0.25, 0.3) is 0 Å². The monoisotopic (exact) mass is 124 g/mol. The van der Waals surface area contributed by atoms with Gasteiger partial charge in [0.05, 0.1) is 12.6 Å². The molecule has 9 heavy (non-hydrogen) atoms. The largest absolute Gasteiger partial charge is 0.476 e. The molecule has 2 heterocycles. The summed E-state index contributed by atoms with van der Waals surface area (Å²) >= 11 is 0. The Labute approximate surface area is 53.5 Å². The summed E-state index contributed by atoms with van der Waals surface area (Å²) in [6.07, 6.45) is 4.66. The minimum Gasteiger partial charge on any atom is -0.476 e. The number of hydrogen-bond donors (Lipinski definition) is 0. The average molecular weight is 124 g/mol. The van der Waals surface area contributed by atoms with Crippen LogP contribution in [-0.4, -0.2) is 31.3 Å². The normalized spacial score (nSPS) is 38.2.